The Balaban J connectivity index is 3.68. The Morgan fingerprint density at radius 2 is 2.15 bits per heavy atom. The molecular weight excluding hydrogens is 172 g/mol. The monoisotopic (exact) mass is 186 g/mol. The van der Waals surface area contributed by atoms with Crippen molar-refractivity contribution in [3.8, 4) is 0 Å². The van der Waals surface area contributed by atoms with Crippen LogP contribution in [0.2, 0.25) is 0 Å². The van der Waals surface area contributed by atoms with Gasteiger partial charge in [-0.15, -0.1) is 0 Å². The second-order valence-corrected chi connectivity index (χ2v) is 2.56. The molecular formula is C8H14N2O3. The molecule has 0 radical (unpaired) electrons. The Morgan fingerprint density at radius 3 is 2.62 bits per heavy atom. The third-order valence-electron chi connectivity index (χ3n) is 1.44. The van der Waals surface area contributed by atoms with E-state index >= 15 is 0 Å². The predicted octanol–water partition coefficient (Wildman–Crippen LogP) is -0.347. The predicted molar refractivity (Wildman–Crippen MR) is 48.1 cm³/mol. The van der Waals surface area contributed by atoms with Crippen LogP contribution >= 0.6 is 0 Å². The fraction of sp³-hybridized carbons (Fsp3) is 0.500. The van der Waals surface area contributed by atoms with E-state index in [9.17, 15) is 9.59 Å². The van der Waals surface area contributed by atoms with Crippen LogP contribution in [0.15, 0.2) is 12.3 Å². The molecule has 0 aliphatic carbocycles. The number of nitrogens with zero attached hydrogens (tertiary/aromatic N) is 1. The van der Waals surface area contributed by atoms with Gasteiger partial charge in [0.05, 0.1) is 0 Å². The lowest BCUT2D eigenvalue weighted by molar-refractivity contribution is -0.131. The van der Waals surface area contributed by atoms with E-state index in [1.54, 1.807) is 19.0 Å². The first-order valence-corrected chi connectivity index (χ1v) is 3.88. The van der Waals surface area contributed by atoms with Gasteiger partial charge < -0.3 is 15.3 Å². The van der Waals surface area contributed by atoms with Crippen molar-refractivity contribution in [3.05, 3.63) is 12.3 Å². The van der Waals surface area contributed by atoms with E-state index in [0.29, 0.717) is 13.0 Å². The van der Waals surface area contributed by atoms with E-state index in [-0.39, 0.29) is 5.91 Å². The number of carbonyl (C=O) groups excluding carboxylic acids is 1. The second kappa shape index (κ2) is 6.05. The summed E-state index contributed by atoms with van der Waals surface area (Å²) in [7, 11) is 3.28. The number of hydrogen-bond donors (Lipinski definition) is 2. The van der Waals surface area contributed by atoms with Crippen molar-refractivity contribution in [1.29, 1.82) is 0 Å². The van der Waals surface area contributed by atoms with Gasteiger partial charge in [0.1, 0.15) is 0 Å². The molecule has 0 spiro atoms. The highest BCUT2D eigenvalue weighted by Gasteiger charge is 1.98. The first kappa shape index (κ1) is 11.5. The van der Waals surface area contributed by atoms with E-state index in [1.807, 2.05) is 0 Å². The summed E-state index contributed by atoms with van der Waals surface area (Å²) in [6.45, 7) is 0.503. The number of rotatable bonds is 5. The van der Waals surface area contributed by atoms with Gasteiger partial charge in [-0.3, -0.25) is 4.79 Å². The van der Waals surface area contributed by atoms with Gasteiger partial charge in [0.15, 0.2) is 0 Å². The third-order valence-corrected chi connectivity index (χ3v) is 1.44. The third kappa shape index (κ3) is 6.86. The normalized spacial score (nSPS) is 10.0. The molecule has 0 aliphatic rings. The number of carboxylic acids is 1. The molecule has 5 heteroatoms. The molecule has 5 nitrogen and oxygen atoms in total. The zero-order chi connectivity index (χ0) is 10.3. The summed E-state index contributed by atoms with van der Waals surface area (Å²) in [6, 6.07) is 0. The van der Waals surface area contributed by atoms with Crippen molar-refractivity contribution in [2.75, 3.05) is 20.6 Å². The van der Waals surface area contributed by atoms with Gasteiger partial charge in [-0.2, -0.15) is 0 Å². The summed E-state index contributed by atoms with van der Waals surface area (Å²) in [5, 5.41) is 10.8. The zero-order valence-electron chi connectivity index (χ0n) is 7.78. The van der Waals surface area contributed by atoms with Crippen LogP contribution in [0.25, 0.3) is 0 Å². The molecule has 0 heterocycles. The van der Waals surface area contributed by atoms with E-state index in [2.05, 4.69) is 5.32 Å². The van der Waals surface area contributed by atoms with E-state index in [0.717, 1.165) is 6.08 Å². The minimum Gasteiger partial charge on any atom is -0.478 e. The summed E-state index contributed by atoms with van der Waals surface area (Å²) in [4.78, 5) is 22.5. The second-order valence-electron chi connectivity index (χ2n) is 2.56. The van der Waals surface area contributed by atoms with E-state index in [4.69, 9.17) is 5.11 Å². The number of amides is 1. The summed E-state index contributed by atoms with van der Waals surface area (Å²) in [5.74, 6) is -1.05. The van der Waals surface area contributed by atoms with Gasteiger partial charge in [-0.1, -0.05) is 0 Å². The van der Waals surface area contributed by atoms with Gasteiger partial charge in [-0.05, 0) is 0 Å². The highest BCUT2D eigenvalue weighted by atomic mass is 16.4. The van der Waals surface area contributed by atoms with Crippen molar-refractivity contribution >= 4 is 11.9 Å². The quantitative estimate of drug-likeness (QED) is 0.576. The first-order chi connectivity index (χ1) is 6.06. The molecule has 0 atom stereocenters. The lowest BCUT2D eigenvalue weighted by Crippen LogP contribution is -2.23. The summed E-state index contributed by atoms with van der Waals surface area (Å²) >= 11 is 0. The van der Waals surface area contributed by atoms with Gasteiger partial charge in [0.25, 0.3) is 0 Å². The molecule has 0 saturated carbocycles. The molecule has 0 unspecified atom stereocenters. The molecule has 0 aliphatic heterocycles. The van der Waals surface area contributed by atoms with Crippen LogP contribution in [0.5, 0.6) is 0 Å². The zero-order valence-corrected chi connectivity index (χ0v) is 7.78. The average molecular weight is 186 g/mol. The fourth-order valence-corrected chi connectivity index (χ4v) is 0.668. The Labute approximate surface area is 77.0 Å². The number of nitrogens with one attached hydrogen (secondary N) is 1. The summed E-state index contributed by atoms with van der Waals surface area (Å²) in [6.07, 6.45) is 2.81. The van der Waals surface area contributed by atoms with Crippen LogP contribution in [-0.4, -0.2) is 42.5 Å². The van der Waals surface area contributed by atoms with Crippen LogP contribution < -0.4 is 5.32 Å². The lowest BCUT2D eigenvalue weighted by atomic mass is 10.4. The molecule has 0 rings (SSSR count). The molecule has 0 aromatic carbocycles. The van der Waals surface area contributed by atoms with Gasteiger partial charge in [0.2, 0.25) is 5.91 Å². The van der Waals surface area contributed by atoms with Crippen LogP contribution in [-0.2, 0) is 9.59 Å². The number of carboxylic acid groups (broad SMARTS) is 1. The number of hydrogen-bond acceptors (Lipinski definition) is 3. The van der Waals surface area contributed by atoms with Gasteiger partial charge in [-0.25, -0.2) is 4.79 Å². The lowest BCUT2D eigenvalue weighted by Gasteiger charge is -2.11. The van der Waals surface area contributed by atoms with Gasteiger partial charge in [0, 0.05) is 39.3 Å². The Bertz CT molecular complexity index is 213. The Morgan fingerprint density at radius 1 is 1.54 bits per heavy atom. The van der Waals surface area contributed by atoms with E-state index < -0.39 is 5.97 Å². The van der Waals surface area contributed by atoms with E-state index in [1.165, 1.54) is 6.20 Å². The molecule has 0 aromatic rings. The molecule has 0 fully saturated rings. The molecule has 13 heavy (non-hydrogen) atoms. The van der Waals surface area contributed by atoms with Crippen LogP contribution in [0.1, 0.15) is 6.42 Å². The van der Waals surface area contributed by atoms with Gasteiger partial charge >= 0.3 is 5.97 Å². The fourth-order valence-electron chi connectivity index (χ4n) is 0.668. The summed E-state index contributed by atoms with van der Waals surface area (Å²) < 4.78 is 0. The summed E-state index contributed by atoms with van der Waals surface area (Å²) in [5.41, 5.74) is 0. The number of aliphatic carboxylic acids is 1. The van der Waals surface area contributed by atoms with Crippen molar-refractivity contribution in [2.45, 2.75) is 6.42 Å². The maximum absolute atomic E-state index is 10.8. The number of carbonyl (C=O) groups is 2. The topological polar surface area (TPSA) is 69.6 Å². The average Bonchev–Trinajstić information content (AvgIpc) is 2.10. The van der Waals surface area contributed by atoms with Crippen LogP contribution in [0.3, 0.4) is 0 Å². The van der Waals surface area contributed by atoms with Crippen LogP contribution in [0, 0.1) is 0 Å². The Hall–Kier alpha value is -1.52. The molecule has 2 N–H and O–H groups in total. The highest BCUT2D eigenvalue weighted by molar-refractivity contribution is 5.79. The molecule has 0 saturated heterocycles. The molecule has 0 aromatic heterocycles. The van der Waals surface area contributed by atoms with Crippen molar-refractivity contribution in [2.24, 2.45) is 0 Å². The van der Waals surface area contributed by atoms with Crippen molar-refractivity contribution < 1.29 is 14.7 Å². The maximum Gasteiger partial charge on any atom is 0.329 e. The minimum atomic E-state index is -0.994. The molecule has 1 amide bonds. The van der Waals surface area contributed by atoms with Crippen molar-refractivity contribution in [3.63, 3.8) is 0 Å². The molecule has 0 bridgehead atoms. The van der Waals surface area contributed by atoms with Crippen molar-refractivity contribution in [1.82, 2.24) is 10.2 Å². The standard InChI is InChI=1S/C8H14N2O3/c1-9-7(11)3-5-10(2)6-4-8(12)13/h4,6H,3,5H2,1-2H3,(H,9,11)(H,12,13)/b6-4+. The largest absolute Gasteiger partial charge is 0.478 e. The maximum atomic E-state index is 10.8. The SMILES string of the molecule is CNC(=O)CCN(C)/C=C/C(=O)O. The van der Waals surface area contributed by atoms with Crippen LogP contribution in [0.4, 0.5) is 0 Å². The highest BCUT2D eigenvalue weighted by Crippen LogP contribution is 1.88. The smallest absolute Gasteiger partial charge is 0.329 e. The minimum absolute atomic E-state index is 0.0597. The first-order valence-electron chi connectivity index (χ1n) is 3.88. The Kier molecular flexibility index (Phi) is 5.34. The molecule has 74 valence electrons.